The SMILES string of the molecule is CNCCC1CNCCN1C(C)=O. The minimum atomic E-state index is 0.197. The minimum absolute atomic E-state index is 0.197. The Kier molecular flexibility index (Phi) is 4.18. The summed E-state index contributed by atoms with van der Waals surface area (Å²) < 4.78 is 0. The van der Waals surface area contributed by atoms with Gasteiger partial charge in [-0.3, -0.25) is 4.79 Å². The highest BCUT2D eigenvalue weighted by atomic mass is 16.2. The lowest BCUT2D eigenvalue weighted by Gasteiger charge is -2.35. The van der Waals surface area contributed by atoms with Crippen LogP contribution in [0.25, 0.3) is 0 Å². The average molecular weight is 185 g/mol. The summed E-state index contributed by atoms with van der Waals surface area (Å²) in [6.07, 6.45) is 1.03. The van der Waals surface area contributed by atoms with E-state index in [1.54, 1.807) is 6.92 Å². The van der Waals surface area contributed by atoms with Crippen molar-refractivity contribution in [2.75, 3.05) is 33.2 Å². The topological polar surface area (TPSA) is 44.4 Å². The maximum Gasteiger partial charge on any atom is 0.219 e. The number of carbonyl (C=O) groups is 1. The lowest BCUT2D eigenvalue weighted by molar-refractivity contribution is -0.132. The van der Waals surface area contributed by atoms with Gasteiger partial charge in [-0.05, 0) is 20.0 Å². The molecule has 1 amide bonds. The third-order valence-corrected chi connectivity index (χ3v) is 2.48. The Labute approximate surface area is 79.7 Å². The normalized spacial score (nSPS) is 23.2. The molecule has 0 radical (unpaired) electrons. The highest BCUT2D eigenvalue weighted by Gasteiger charge is 2.22. The maximum atomic E-state index is 11.3. The van der Waals surface area contributed by atoms with Crippen molar-refractivity contribution in [1.29, 1.82) is 0 Å². The number of rotatable bonds is 3. The predicted molar refractivity (Wildman–Crippen MR) is 52.6 cm³/mol. The molecule has 2 N–H and O–H groups in total. The summed E-state index contributed by atoms with van der Waals surface area (Å²) in [6, 6.07) is 0.374. The van der Waals surface area contributed by atoms with Gasteiger partial charge in [0.05, 0.1) is 0 Å². The molecule has 0 saturated carbocycles. The van der Waals surface area contributed by atoms with Gasteiger partial charge < -0.3 is 15.5 Å². The molecule has 1 atom stereocenters. The summed E-state index contributed by atoms with van der Waals surface area (Å²) in [5.74, 6) is 0.197. The summed E-state index contributed by atoms with van der Waals surface area (Å²) in [7, 11) is 1.94. The Morgan fingerprint density at radius 3 is 3.08 bits per heavy atom. The molecule has 13 heavy (non-hydrogen) atoms. The molecule has 0 aromatic heterocycles. The average Bonchev–Trinajstić information content (AvgIpc) is 2.15. The van der Waals surface area contributed by atoms with Crippen molar-refractivity contribution in [2.24, 2.45) is 0 Å². The molecule has 1 aliphatic heterocycles. The van der Waals surface area contributed by atoms with Crippen molar-refractivity contribution in [3.05, 3.63) is 0 Å². The Balaban J connectivity index is 2.41. The lowest BCUT2D eigenvalue weighted by Crippen LogP contribution is -2.53. The number of carbonyl (C=O) groups excluding carboxylic acids is 1. The van der Waals surface area contributed by atoms with Crippen molar-refractivity contribution in [3.63, 3.8) is 0 Å². The number of amides is 1. The van der Waals surface area contributed by atoms with Crippen LogP contribution in [-0.2, 0) is 4.79 Å². The van der Waals surface area contributed by atoms with E-state index >= 15 is 0 Å². The highest BCUT2D eigenvalue weighted by molar-refractivity contribution is 5.73. The van der Waals surface area contributed by atoms with Gasteiger partial charge in [0.1, 0.15) is 0 Å². The van der Waals surface area contributed by atoms with Crippen molar-refractivity contribution in [2.45, 2.75) is 19.4 Å². The molecule has 1 aliphatic rings. The smallest absolute Gasteiger partial charge is 0.219 e. The molecule has 1 saturated heterocycles. The fourth-order valence-electron chi connectivity index (χ4n) is 1.74. The first kappa shape index (κ1) is 10.5. The first-order chi connectivity index (χ1) is 6.25. The number of nitrogens with one attached hydrogen (secondary N) is 2. The van der Waals surface area contributed by atoms with E-state index in [1.165, 1.54) is 0 Å². The van der Waals surface area contributed by atoms with Crippen molar-refractivity contribution < 1.29 is 4.79 Å². The molecule has 1 unspecified atom stereocenters. The molecule has 0 aromatic carbocycles. The van der Waals surface area contributed by atoms with E-state index in [9.17, 15) is 4.79 Å². The summed E-state index contributed by atoms with van der Waals surface area (Å²) in [5.41, 5.74) is 0. The molecule has 4 nitrogen and oxygen atoms in total. The molecule has 0 bridgehead atoms. The third kappa shape index (κ3) is 2.97. The standard InChI is InChI=1S/C9H19N3O/c1-8(13)12-6-5-11-7-9(12)3-4-10-2/h9-11H,3-7H2,1-2H3. The summed E-state index contributed by atoms with van der Waals surface area (Å²) in [6.45, 7) is 5.33. The van der Waals surface area contributed by atoms with Gasteiger partial charge in [-0.1, -0.05) is 0 Å². The van der Waals surface area contributed by atoms with E-state index in [1.807, 2.05) is 11.9 Å². The van der Waals surface area contributed by atoms with Gasteiger partial charge in [0.25, 0.3) is 0 Å². The van der Waals surface area contributed by atoms with E-state index in [-0.39, 0.29) is 5.91 Å². The molecule has 0 aliphatic carbocycles. The van der Waals surface area contributed by atoms with Gasteiger partial charge >= 0.3 is 0 Å². The molecule has 0 spiro atoms. The van der Waals surface area contributed by atoms with Crippen LogP contribution >= 0.6 is 0 Å². The molecule has 76 valence electrons. The quantitative estimate of drug-likeness (QED) is 0.618. The monoisotopic (exact) mass is 185 g/mol. The van der Waals surface area contributed by atoms with Crippen LogP contribution in [-0.4, -0.2) is 50.1 Å². The number of nitrogens with zero attached hydrogens (tertiary/aromatic N) is 1. The Morgan fingerprint density at radius 2 is 2.46 bits per heavy atom. The first-order valence-corrected chi connectivity index (χ1v) is 4.88. The van der Waals surface area contributed by atoms with Crippen LogP contribution in [0.5, 0.6) is 0 Å². The fourth-order valence-corrected chi connectivity index (χ4v) is 1.74. The lowest BCUT2D eigenvalue weighted by atomic mass is 10.1. The van der Waals surface area contributed by atoms with Crippen LogP contribution in [0.2, 0.25) is 0 Å². The van der Waals surface area contributed by atoms with Crippen LogP contribution in [0.1, 0.15) is 13.3 Å². The largest absolute Gasteiger partial charge is 0.337 e. The van der Waals surface area contributed by atoms with Gasteiger partial charge in [0.2, 0.25) is 5.91 Å². The van der Waals surface area contributed by atoms with Gasteiger partial charge in [0, 0.05) is 32.6 Å². The van der Waals surface area contributed by atoms with Crippen LogP contribution < -0.4 is 10.6 Å². The molecule has 4 heteroatoms. The van der Waals surface area contributed by atoms with Crippen LogP contribution in [0.3, 0.4) is 0 Å². The second-order valence-electron chi connectivity index (χ2n) is 3.46. The molecular formula is C9H19N3O. The zero-order chi connectivity index (χ0) is 9.68. The molecule has 1 rings (SSSR count). The van der Waals surface area contributed by atoms with Gasteiger partial charge in [-0.25, -0.2) is 0 Å². The Hall–Kier alpha value is -0.610. The van der Waals surface area contributed by atoms with Crippen LogP contribution in [0.15, 0.2) is 0 Å². The Bertz CT molecular complexity index is 172. The zero-order valence-corrected chi connectivity index (χ0v) is 8.47. The van der Waals surface area contributed by atoms with Gasteiger partial charge in [-0.2, -0.15) is 0 Å². The summed E-state index contributed by atoms with van der Waals surface area (Å²) >= 11 is 0. The summed E-state index contributed by atoms with van der Waals surface area (Å²) in [4.78, 5) is 13.2. The first-order valence-electron chi connectivity index (χ1n) is 4.88. The van der Waals surface area contributed by atoms with Crippen molar-refractivity contribution in [1.82, 2.24) is 15.5 Å². The highest BCUT2D eigenvalue weighted by Crippen LogP contribution is 2.06. The number of hydrogen-bond acceptors (Lipinski definition) is 3. The summed E-state index contributed by atoms with van der Waals surface area (Å²) in [5, 5.41) is 6.42. The second kappa shape index (κ2) is 5.19. The Morgan fingerprint density at radius 1 is 1.69 bits per heavy atom. The van der Waals surface area contributed by atoms with E-state index in [4.69, 9.17) is 0 Å². The fraction of sp³-hybridized carbons (Fsp3) is 0.889. The van der Waals surface area contributed by atoms with E-state index in [0.29, 0.717) is 6.04 Å². The molecule has 1 fully saturated rings. The maximum absolute atomic E-state index is 11.3. The third-order valence-electron chi connectivity index (χ3n) is 2.48. The van der Waals surface area contributed by atoms with E-state index in [0.717, 1.165) is 32.6 Å². The zero-order valence-electron chi connectivity index (χ0n) is 8.47. The molecular weight excluding hydrogens is 166 g/mol. The van der Waals surface area contributed by atoms with Crippen LogP contribution in [0.4, 0.5) is 0 Å². The number of piperazine rings is 1. The van der Waals surface area contributed by atoms with Crippen molar-refractivity contribution >= 4 is 5.91 Å². The minimum Gasteiger partial charge on any atom is -0.337 e. The van der Waals surface area contributed by atoms with E-state index in [2.05, 4.69) is 10.6 Å². The predicted octanol–water partition coefficient (Wildman–Crippen LogP) is -0.584. The van der Waals surface area contributed by atoms with E-state index < -0.39 is 0 Å². The van der Waals surface area contributed by atoms with Gasteiger partial charge in [0.15, 0.2) is 0 Å². The molecule has 0 aromatic rings. The van der Waals surface area contributed by atoms with Crippen LogP contribution in [0, 0.1) is 0 Å². The van der Waals surface area contributed by atoms with Gasteiger partial charge in [-0.15, -0.1) is 0 Å². The van der Waals surface area contributed by atoms with Crippen molar-refractivity contribution in [3.8, 4) is 0 Å². The molecule has 1 heterocycles. The second-order valence-corrected chi connectivity index (χ2v) is 3.46. The number of hydrogen-bond donors (Lipinski definition) is 2.